The maximum absolute atomic E-state index is 4.06. The van der Waals surface area contributed by atoms with Crippen LogP contribution in [0.25, 0.3) is 0 Å². The van der Waals surface area contributed by atoms with Crippen LogP contribution in [0.4, 0.5) is 0 Å². The van der Waals surface area contributed by atoms with Crippen molar-refractivity contribution in [2.24, 2.45) is 0 Å². The molecule has 0 saturated carbocycles. The fourth-order valence-electron chi connectivity index (χ4n) is 4.18. The van der Waals surface area contributed by atoms with Crippen LogP contribution in [0.5, 0.6) is 0 Å². The quantitative estimate of drug-likeness (QED) is 0.183. The Bertz CT molecular complexity index is 659. The zero-order chi connectivity index (χ0) is 20.5. The van der Waals surface area contributed by atoms with E-state index in [1.54, 1.807) is 6.66 Å². The summed E-state index contributed by atoms with van der Waals surface area (Å²) < 4.78 is 9.03. The molecular weight excluding hydrogens is 594 g/mol. The molecule has 2 rings (SSSR count). The molecule has 2 nitrogen and oxygen atoms in total. The zero-order valence-corrected chi connectivity index (χ0v) is 24.9. The van der Waals surface area contributed by atoms with Gasteiger partial charge in [0.05, 0.1) is 0 Å². The van der Waals surface area contributed by atoms with Crippen LogP contribution >= 0.6 is 24.8 Å². The van der Waals surface area contributed by atoms with Crippen LogP contribution < -0.4 is 0 Å². The van der Waals surface area contributed by atoms with Crippen LogP contribution in [0, 0.1) is 0 Å². The van der Waals surface area contributed by atoms with Gasteiger partial charge in [0.15, 0.2) is 0 Å². The van der Waals surface area contributed by atoms with Gasteiger partial charge in [-0.1, -0.05) is 0 Å². The summed E-state index contributed by atoms with van der Waals surface area (Å²) >= 11 is -2.36. The molecule has 2 aliphatic rings. The molecule has 0 bridgehead atoms. The molecule has 0 saturated heterocycles. The number of allylic oxidation sites excluding steroid dienone is 8. The average molecular weight is 631 g/mol. The van der Waals surface area contributed by atoms with Gasteiger partial charge in [-0.25, -0.2) is 0 Å². The van der Waals surface area contributed by atoms with Gasteiger partial charge in [0.25, 0.3) is 0 Å². The smallest absolute Gasteiger partial charge is 0.147 e. The molecule has 0 aromatic carbocycles. The molecule has 0 amide bonds. The van der Waals surface area contributed by atoms with Crippen molar-refractivity contribution in [2.45, 2.75) is 26.7 Å². The number of hydrogen-bond acceptors (Lipinski definition) is 2. The maximum Gasteiger partial charge on any atom is -0.147 e. The molecule has 6 heteroatoms. The van der Waals surface area contributed by atoms with Crippen LogP contribution in [0.2, 0.25) is 0 Å². The van der Waals surface area contributed by atoms with Gasteiger partial charge in [-0.05, 0) is 0 Å². The van der Waals surface area contributed by atoms with Crippen molar-refractivity contribution in [3.8, 4) is 0 Å². The summed E-state index contributed by atoms with van der Waals surface area (Å²) in [5.74, 6) is 0. The number of nitrogens with zero attached hydrogens (tertiary/aromatic N) is 2. The Labute approximate surface area is 205 Å². The first kappa shape index (κ1) is 29.5. The van der Waals surface area contributed by atoms with Gasteiger partial charge in [-0.2, -0.15) is 0 Å². The largest absolute Gasteiger partial charge is 0.147 e. The molecule has 0 atom stereocenters. The van der Waals surface area contributed by atoms with Crippen LogP contribution in [0.15, 0.2) is 92.7 Å². The summed E-state index contributed by atoms with van der Waals surface area (Å²) in [6.07, 6.45) is 18.6. The Kier molecular flexibility index (Phi) is 15.1. The minimum atomic E-state index is -2.36. The second-order valence-corrected chi connectivity index (χ2v) is 27.2. The van der Waals surface area contributed by atoms with Gasteiger partial charge < -0.3 is 0 Å². The number of rotatable bonds is 13. The Balaban J connectivity index is 0.00000420. The standard InChI is InChI=1S/C12H21N2Si.2C6H7.2ClH.Hf/c1-5-9-13(10-6-2)15-14(11-7-3)12-8-4;2*1-6-4-2-3-5-6;;;/h5-8,15H,1-4,9-12H2;2*2,4H,3H2,1H3;2*1H;. The van der Waals surface area contributed by atoms with E-state index in [9.17, 15) is 0 Å². The SMILES string of the molecule is C=CCN(CC=C)[SiH](N(CC=C)CC=C)[Hf]([C]1=C(C)C=CC1)[C]1=C(C)C=CC1.Cl.Cl. The van der Waals surface area contributed by atoms with Crippen molar-refractivity contribution in [3.63, 3.8) is 0 Å². The topological polar surface area (TPSA) is 6.48 Å². The van der Waals surface area contributed by atoms with Gasteiger partial charge in [-0.3, -0.25) is 0 Å². The monoisotopic (exact) mass is 631 g/mol. The minimum absolute atomic E-state index is 0. The molecule has 0 fully saturated rings. The van der Waals surface area contributed by atoms with E-state index in [0.717, 1.165) is 39.0 Å². The number of halogens is 2. The van der Waals surface area contributed by atoms with Crippen molar-refractivity contribution in [1.82, 2.24) is 9.13 Å². The second kappa shape index (κ2) is 15.3. The van der Waals surface area contributed by atoms with Crippen LogP contribution in [0.3, 0.4) is 0 Å². The van der Waals surface area contributed by atoms with Gasteiger partial charge in [0.2, 0.25) is 0 Å². The Morgan fingerprint density at radius 2 is 1.10 bits per heavy atom. The normalized spacial score (nSPS) is 15.0. The molecular formula is C24H37Cl2HfN2Si. The van der Waals surface area contributed by atoms with Gasteiger partial charge in [0.1, 0.15) is 0 Å². The van der Waals surface area contributed by atoms with Crippen molar-refractivity contribution < 1.29 is 20.6 Å². The molecule has 0 heterocycles. The van der Waals surface area contributed by atoms with Crippen LogP contribution in [0.1, 0.15) is 26.7 Å². The van der Waals surface area contributed by atoms with Gasteiger partial charge in [0, 0.05) is 0 Å². The van der Waals surface area contributed by atoms with Gasteiger partial charge in [-0.15, -0.1) is 24.8 Å². The summed E-state index contributed by atoms with van der Waals surface area (Å²) in [6.45, 7) is 24.6. The van der Waals surface area contributed by atoms with E-state index in [4.69, 9.17) is 0 Å². The molecule has 165 valence electrons. The summed E-state index contributed by atoms with van der Waals surface area (Å²) in [5, 5.41) is 0. The van der Waals surface area contributed by atoms with E-state index in [1.165, 1.54) is 11.1 Å². The third-order valence-electron chi connectivity index (χ3n) is 5.39. The Morgan fingerprint density at radius 3 is 1.33 bits per heavy atom. The van der Waals surface area contributed by atoms with E-state index < -0.39 is 26.9 Å². The van der Waals surface area contributed by atoms with Gasteiger partial charge >= 0.3 is 182 Å². The van der Waals surface area contributed by atoms with E-state index in [0.29, 0.717) is 0 Å². The van der Waals surface area contributed by atoms with Crippen molar-refractivity contribution in [1.29, 1.82) is 0 Å². The average Bonchev–Trinajstić information content (AvgIpc) is 3.28. The van der Waals surface area contributed by atoms with Crippen molar-refractivity contribution in [2.75, 3.05) is 26.2 Å². The summed E-state index contributed by atoms with van der Waals surface area (Å²) in [7, 11) is 0. The minimum Gasteiger partial charge on any atom is -0.147 e. The Hall–Kier alpha value is -0.493. The molecule has 0 N–H and O–H groups in total. The third-order valence-corrected chi connectivity index (χ3v) is 36.2. The molecule has 0 aliphatic heterocycles. The first-order valence-electron chi connectivity index (χ1n) is 10.1. The zero-order valence-electron chi connectivity index (χ0n) is 18.5. The van der Waals surface area contributed by atoms with E-state index in [-0.39, 0.29) is 24.8 Å². The van der Waals surface area contributed by atoms with E-state index in [1.807, 2.05) is 0 Å². The van der Waals surface area contributed by atoms with E-state index in [2.05, 4.69) is 97.9 Å². The van der Waals surface area contributed by atoms with Crippen LogP contribution in [-0.2, 0) is 20.6 Å². The molecule has 0 aromatic heterocycles. The molecule has 0 aromatic rings. The van der Waals surface area contributed by atoms with Crippen molar-refractivity contribution >= 4 is 31.1 Å². The first-order chi connectivity index (χ1) is 13.6. The van der Waals surface area contributed by atoms with Crippen molar-refractivity contribution in [3.05, 3.63) is 92.7 Å². The predicted octanol–water partition coefficient (Wildman–Crippen LogP) is 5.98. The molecule has 0 spiro atoms. The fraction of sp³-hybridized carbons (Fsp3) is 0.333. The number of hydrogen-bond donors (Lipinski definition) is 0. The summed E-state index contributed by atoms with van der Waals surface area (Å²) in [5.41, 5.74) is 3.06. The fourth-order valence-corrected chi connectivity index (χ4v) is 39.6. The Morgan fingerprint density at radius 1 is 0.767 bits per heavy atom. The van der Waals surface area contributed by atoms with E-state index >= 15 is 0 Å². The molecule has 0 unspecified atom stereocenters. The molecule has 30 heavy (non-hydrogen) atoms. The maximum atomic E-state index is 4.06. The van der Waals surface area contributed by atoms with Crippen LogP contribution in [-0.4, -0.2) is 41.6 Å². The molecule has 0 radical (unpaired) electrons. The molecule has 2 aliphatic carbocycles. The summed E-state index contributed by atoms with van der Waals surface area (Å²) in [4.78, 5) is 0. The predicted molar refractivity (Wildman–Crippen MR) is 138 cm³/mol. The first-order valence-corrected chi connectivity index (χ1v) is 21.5. The summed E-state index contributed by atoms with van der Waals surface area (Å²) in [6, 6.07) is 0. The second-order valence-electron chi connectivity index (χ2n) is 7.39. The third kappa shape index (κ3) is 7.29.